The van der Waals surface area contributed by atoms with Gasteiger partial charge in [0.05, 0.1) is 23.8 Å². The summed E-state index contributed by atoms with van der Waals surface area (Å²) in [7, 11) is 0. The quantitative estimate of drug-likeness (QED) is 0.622. The van der Waals surface area contributed by atoms with Gasteiger partial charge in [-0.1, -0.05) is 24.3 Å². The van der Waals surface area contributed by atoms with Gasteiger partial charge in [-0.2, -0.15) is 5.26 Å². The number of hydrogen-bond donors (Lipinski definition) is 0. The largest absolute Gasteiger partial charge is 0.492 e. The van der Waals surface area contributed by atoms with Gasteiger partial charge in [0.25, 0.3) is 0 Å². The highest BCUT2D eigenvalue weighted by Crippen LogP contribution is 2.38. The molecule has 0 saturated carbocycles. The fourth-order valence-corrected chi connectivity index (χ4v) is 3.41. The topological polar surface area (TPSA) is 59.3 Å². The lowest BCUT2D eigenvalue weighted by molar-refractivity contribution is 0.0932. The molecule has 0 unspecified atom stereocenters. The van der Waals surface area contributed by atoms with Gasteiger partial charge < -0.3 is 9.47 Å². The van der Waals surface area contributed by atoms with Crippen molar-refractivity contribution in [2.45, 2.75) is 19.4 Å². The van der Waals surface area contributed by atoms with Gasteiger partial charge in [-0.25, -0.2) is 4.39 Å². The lowest BCUT2D eigenvalue weighted by Crippen LogP contribution is -2.17. The van der Waals surface area contributed by atoms with Gasteiger partial charge in [0, 0.05) is 12.0 Å². The number of Topliss-reactive ketones (excluding diaryl/α,β-unsaturated/α-hetero) is 1. The lowest BCUT2D eigenvalue weighted by atomic mass is 9.99. The van der Waals surface area contributed by atoms with E-state index in [0.29, 0.717) is 35.7 Å². The van der Waals surface area contributed by atoms with Gasteiger partial charge in [0.1, 0.15) is 23.4 Å². The van der Waals surface area contributed by atoms with Crippen LogP contribution in [0.4, 0.5) is 4.39 Å². The Hall–Kier alpha value is -3.65. The van der Waals surface area contributed by atoms with Crippen molar-refractivity contribution >= 4 is 5.78 Å². The predicted octanol–water partition coefficient (Wildman–Crippen LogP) is 5.14. The molecule has 0 amide bonds. The van der Waals surface area contributed by atoms with Crippen molar-refractivity contribution in [1.82, 2.24) is 0 Å². The minimum atomic E-state index is -0.514. The van der Waals surface area contributed by atoms with Crippen LogP contribution in [0.1, 0.15) is 45.1 Å². The van der Waals surface area contributed by atoms with Crippen molar-refractivity contribution in [3.63, 3.8) is 0 Å². The highest BCUT2D eigenvalue weighted by molar-refractivity contribution is 6.00. The molecule has 1 atom stereocenters. The zero-order valence-electron chi connectivity index (χ0n) is 15.8. The fraction of sp³-hybridized carbons (Fsp3) is 0.167. The van der Waals surface area contributed by atoms with Crippen LogP contribution in [0.15, 0.2) is 60.7 Å². The van der Waals surface area contributed by atoms with Crippen molar-refractivity contribution in [1.29, 1.82) is 5.26 Å². The zero-order valence-corrected chi connectivity index (χ0v) is 15.8. The molecule has 0 aromatic heterocycles. The van der Waals surface area contributed by atoms with E-state index >= 15 is 0 Å². The van der Waals surface area contributed by atoms with Crippen LogP contribution in [0.3, 0.4) is 0 Å². The summed E-state index contributed by atoms with van der Waals surface area (Å²) < 4.78 is 25.5. The fourth-order valence-electron chi connectivity index (χ4n) is 3.41. The molecular formula is C24H18FNO3. The monoisotopic (exact) mass is 387 g/mol. The molecule has 0 fully saturated rings. The molecule has 0 bridgehead atoms. The molecule has 29 heavy (non-hydrogen) atoms. The standard InChI is InChI=1S/C24H18FNO3/c1-15-22(11-10-20-21(27)12-13-28-23(15)20)29-24(18-6-8-19(25)9-7-18)17-4-2-16(14-26)3-5-17/h2-11,24H,12-13H2,1H3/t24-/m1/s1. The van der Waals surface area contributed by atoms with E-state index in [2.05, 4.69) is 6.07 Å². The second kappa shape index (κ2) is 7.76. The van der Waals surface area contributed by atoms with Gasteiger partial charge >= 0.3 is 0 Å². The van der Waals surface area contributed by atoms with Crippen molar-refractivity contribution < 1.29 is 18.7 Å². The van der Waals surface area contributed by atoms with Gasteiger partial charge in [0.2, 0.25) is 0 Å². The molecule has 4 rings (SSSR count). The van der Waals surface area contributed by atoms with E-state index in [0.717, 1.165) is 16.7 Å². The van der Waals surface area contributed by atoms with E-state index in [9.17, 15) is 9.18 Å². The Labute approximate surface area is 168 Å². The molecule has 1 aliphatic heterocycles. The number of benzene rings is 3. The van der Waals surface area contributed by atoms with Crippen LogP contribution in [-0.4, -0.2) is 12.4 Å². The number of nitriles is 1. The minimum Gasteiger partial charge on any atom is -0.492 e. The summed E-state index contributed by atoms with van der Waals surface area (Å²) in [5, 5.41) is 9.06. The number of fused-ring (bicyclic) bond motifs is 1. The third-order valence-electron chi connectivity index (χ3n) is 4.99. The Morgan fingerprint density at radius 2 is 1.69 bits per heavy atom. The summed E-state index contributed by atoms with van der Waals surface area (Å²) >= 11 is 0. The third kappa shape index (κ3) is 3.70. The SMILES string of the molecule is Cc1c(O[C@@H](c2ccc(F)cc2)c2ccc(C#N)cc2)ccc2c1OCCC2=O. The molecule has 1 aliphatic rings. The summed E-state index contributed by atoms with van der Waals surface area (Å²) in [5.74, 6) is 0.862. The van der Waals surface area contributed by atoms with E-state index in [4.69, 9.17) is 14.7 Å². The highest BCUT2D eigenvalue weighted by atomic mass is 19.1. The van der Waals surface area contributed by atoms with Gasteiger partial charge in [-0.3, -0.25) is 4.79 Å². The van der Waals surface area contributed by atoms with E-state index in [-0.39, 0.29) is 11.6 Å². The molecule has 0 aliphatic carbocycles. The highest BCUT2D eigenvalue weighted by Gasteiger charge is 2.24. The number of ether oxygens (including phenoxy) is 2. The second-order valence-corrected chi connectivity index (χ2v) is 6.87. The molecule has 1 heterocycles. The number of halogens is 1. The molecule has 3 aromatic rings. The summed E-state index contributed by atoms with van der Waals surface area (Å²) in [6.45, 7) is 2.21. The normalized spacial score (nSPS) is 13.8. The van der Waals surface area contributed by atoms with Crippen LogP contribution in [-0.2, 0) is 0 Å². The number of ketones is 1. The zero-order chi connectivity index (χ0) is 20.4. The molecular weight excluding hydrogens is 369 g/mol. The van der Waals surface area contributed by atoms with Crippen molar-refractivity contribution in [2.24, 2.45) is 0 Å². The van der Waals surface area contributed by atoms with Gasteiger partial charge in [-0.15, -0.1) is 0 Å². The van der Waals surface area contributed by atoms with Crippen LogP contribution in [0.25, 0.3) is 0 Å². The number of carbonyl (C=O) groups excluding carboxylic acids is 1. The Bertz CT molecular complexity index is 1100. The summed E-state index contributed by atoms with van der Waals surface area (Å²) in [6, 6.07) is 18.8. The average molecular weight is 387 g/mol. The van der Waals surface area contributed by atoms with Crippen molar-refractivity contribution in [2.75, 3.05) is 6.61 Å². The van der Waals surface area contributed by atoms with Crippen LogP contribution >= 0.6 is 0 Å². The first kappa shape index (κ1) is 18.7. The lowest BCUT2D eigenvalue weighted by Gasteiger charge is -2.24. The first-order valence-corrected chi connectivity index (χ1v) is 9.28. The van der Waals surface area contributed by atoms with E-state index < -0.39 is 6.10 Å². The number of carbonyl (C=O) groups is 1. The van der Waals surface area contributed by atoms with E-state index in [1.165, 1.54) is 12.1 Å². The number of rotatable bonds is 4. The number of hydrogen-bond acceptors (Lipinski definition) is 4. The van der Waals surface area contributed by atoms with E-state index in [1.807, 2.05) is 19.1 Å². The first-order valence-electron chi connectivity index (χ1n) is 9.28. The Balaban J connectivity index is 1.75. The molecule has 0 spiro atoms. The molecule has 0 N–H and O–H groups in total. The molecule has 3 aromatic carbocycles. The smallest absolute Gasteiger partial charge is 0.170 e. The Morgan fingerprint density at radius 3 is 2.34 bits per heavy atom. The van der Waals surface area contributed by atoms with Crippen LogP contribution in [0.2, 0.25) is 0 Å². The van der Waals surface area contributed by atoms with Crippen molar-refractivity contribution in [3.05, 3.63) is 94.3 Å². The van der Waals surface area contributed by atoms with E-state index in [1.54, 1.807) is 36.4 Å². The summed E-state index contributed by atoms with van der Waals surface area (Å²) in [5.41, 5.74) is 3.45. The molecule has 4 nitrogen and oxygen atoms in total. The van der Waals surface area contributed by atoms with Crippen LogP contribution in [0.5, 0.6) is 11.5 Å². The maximum absolute atomic E-state index is 13.4. The predicted molar refractivity (Wildman–Crippen MR) is 106 cm³/mol. The van der Waals surface area contributed by atoms with Crippen LogP contribution in [0, 0.1) is 24.1 Å². The molecule has 5 heteroatoms. The maximum atomic E-state index is 13.4. The van der Waals surface area contributed by atoms with Crippen LogP contribution < -0.4 is 9.47 Å². The third-order valence-corrected chi connectivity index (χ3v) is 4.99. The van der Waals surface area contributed by atoms with Gasteiger partial charge in [-0.05, 0) is 54.4 Å². The average Bonchev–Trinajstić information content (AvgIpc) is 2.75. The molecule has 0 radical (unpaired) electrons. The summed E-state index contributed by atoms with van der Waals surface area (Å²) in [6.07, 6.45) is -0.143. The Kier molecular flexibility index (Phi) is 5.01. The molecule has 0 saturated heterocycles. The second-order valence-electron chi connectivity index (χ2n) is 6.87. The maximum Gasteiger partial charge on any atom is 0.170 e. The minimum absolute atomic E-state index is 0.0584. The van der Waals surface area contributed by atoms with Crippen molar-refractivity contribution in [3.8, 4) is 17.6 Å². The Morgan fingerprint density at radius 1 is 1.03 bits per heavy atom. The summed E-state index contributed by atoms with van der Waals surface area (Å²) in [4.78, 5) is 12.1. The van der Waals surface area contributed by atoms with Gasteiger partial charge in [0.15, 0.2) is 5.78 Å². The number of nitrogens with zero attached hydrogens (tertiary/aromatic N) is 1. The first-order chi connectivity index (χ1) is 14.1. The molecule has 144 valence electrons.